The van der Waals surface area contributed by atoms with Gasteiger partial charge in [0.1, 0.15) is 12.4 Å². The predicted octanol–water partition coefficient (Wildman–Crippen LogP) is 3.94. The summed E-state index contributed by atoms with van der Waals surface area (Å²) in [7, 11) is -3.00. The van der Waals surface area contributed by atoms with Gasteiger partial charge in [0.15, 0.2) is 9.84 Å². The van der Waals surface area contributed by atoms with E-state index in [2.05, 4.69) is 22.0 Å². The third kappa shape index (κ3) is 4.20. The van der Waals surface area contributed by atoms with E-state index >= 15 is 0 Å². The Bertz CT molecular complexity index is 711. The van der Waals surface area contributed by atoms with Crippen LogP contribution in [0, 0.1) is 0 Å². The maximum atomic E-state index is 11.7. The number of sulfone groups is 1. The van der Waals surface area contributed by atoms with E-state index in [1.807, 2.05) is 37.3 Å². The second-order valence-electron chi connectivity index (χ2n) is 4.90. The molecule has 114 valence electrons. The Morgan fingerprint density at radius 2 is 1.86 bits per heavy atom. The largest absolute Gasteiger partial charge is 0.492 e. The predicted molar refractivity (Wildman–Crippen MR) is 91.0 cm³/mol. The number of ether oxygens (including phenoxy) is 1. The first kappa shape index (κ1) is 16.3. The van der Waals surface area contributed by atoms with Gasteiger partial charge in [-0.3, -0.25) is 0 Å². The van der Waals surface area contributed by atoms with Crippen LogP contribution in [-0.4, -0.2) is 26.5 Å². The minimum Gasteiger partial charge on any atom is -0.492 e. The van der Waals surface area contributed by atoms with Crippen LogP contribution in [0.25, 0.3) is 10.8 Å². The summed E-state index contributed by atoms with van der Waals surface area (Å²) in [5, 5.41) is 2.95. The van der Waals surface area contributed by atoms with Gasteiger partial charge in [-0.1, -0.05) is 53.2 Å². The molecule has 3 nitrogen and oxygen atoms in total. The Morgan fingerprint density at radius 1 is 1.10 bits per heavy atom. The number of fused-ring (bicyclic) bond motifs is 1. The van der Waals surface area contributed by atoms with Gasteiger partial charge in [-0.25, -0.2) is 8.42 Å². The van der Waals surface area contributed by atoms with Gasteiger partial charge in [-0.15, -0.1) is 0 Å². The van der Waals surface area contributed by atoms with Crippen molar-refractivity contribution in [3.8, 4) is 5.75 Å². The van der Waals surface area contributed by atoms with Crippen molar-refractivity contribution in [3.05, 3.63) is 42.0 Å². The molecule has 0 radical (unpaired) electrons. The summed E-state index contributed by atoms with van der Waals surface area (Å²) in [6, 6.07) is 12.0. The van der Waals surface area contributed by atoms with Crippen molar-refractivity contribution in [3.63, 3.8) is 0 Å². The van der Waals surface area contributed by atoms with Gasteiger partial charge in [-0.05, 0) is 23.3 Å². The molecular formula is C16H19BrO3S. The van der Waals surface area contributed by atoms with Crippen LogP contribution in [-0.2, 0) is 15.2 Å². The summed E-state index contributed by atoms with van der Waals surface area (Å²) >= 11 is 3.49. The van der Waals surface area contributed by atoms with Crippen LogP contribution in [0.5, 0.6) is 5.75 Å². The van der Waals surface area contributed by atoms with Crippen LogP contribution < -0.4 is 4.74 Å². The first-order valence-electron chi connectivity index (χ1n) is 6.97. The summed E-state index contributed by atoms with van der Waals surface area (Å²) in [5.41, 5.74) is 1.06. The second kappa shape index (κ2) is 7.27. The van der Waals surface area contributed by atoms with Gasteiger partial charge >= 0.3 is 0 Å². The van der Waals surface area contributed by atoms with E-state index in [-0.39, 0.29) is 18.1 Å². The molecule has 0 aromatic heterocycles. The summed E-state index contributed by atoms with van der Waals surface area (Å²) in [5.74, 6) is 1.03. The molecule has 0 spiro atoms. The van der Waals surface area contributed by atoms with Crippen molar-refractivity contribution < 1.29 is 13.2 Å². The highest BCUT2D eigenvalue weighted by molar-refractivity contribution is 9.08. The molecule has 0 fully saturated rings. The highest BCUT2D eigenvalue weighted by Gasteiger charge is 2.11. The minimum atomic E-state index is -3.00. The minimum absolute atomic E-state index is 0.0649. The molecule has 21 heavy (non-hydrogen) atoms. The van der Waals surface area contributed by atoms with Crippen molar-refractivity contribution in [2.75, 3.05) is 18.1 Å². The van der Waals surface area contributed by atoms with E-state index in [0.29, 0.717) is 11.8 Å². The van der Waals surface area contributed by atoms with E-state index in [0.717, 1.165) is 22.1 Å². The molecule has 0 heterocycles. The van der Waals surface area contributed by atoms with Crippen molar-refractivity contribution in [2.45, 2.75) is 18.7 Å². The van der Waals surface area contributed by atoms with Crippen molar-refractivity contribution in [2.24, 2.45) is 0 Å². The van der Waals surface area contributed by atoms with Crippen LogP contribution in [0.3, 0.4) is 0 Å². The fourth-order valence-corrected chi connectivity index (χ4v) is 4.02. The fraction of sp³-hybridized carbons (Fsp3) is 0.375. The van der Waals surface area contributed by atoms with E-state index < -0.39 is 9.84 Å². The molecule has 0 amide bonds. The Kier molecular flexibility index (Phi) is 5.65. The summed E-state index contributed by atoms with van der Waals surface area (Å²) in [6.07, 6.45) is 0.644. The smallest absolute Gasteiger partial charge is 0.153 e. The fourth-order valence-electron chi connectivity index (χ4n) is 2.28. The van der Waals surface area contributed by atoms with Gasteiger partial charge in [0.2, 0.25) is 0 Å². The number of hydrogen-bond acceptors (Lipinski definition) is 3. The number of rotatable bonds is 7. The molecule has 5 heteroatoms. The van der Waals surface area contributed by atoms with E-state index in [1.54, 1.807) is 0 Å². The molecular weight excluding hydrogens is 352 g/mol. The lowest BCUT2D eigenvalue weighted by Crippen LogP contribution is -2.17. The zero-order valence-electron chi connectivity index (χ0n) is 12.0. The maximum absolute atomic E-state index is 11.7. The Balaban J connectivity index is 2.15. The quantitative estimate of drug-likeness (QED) is 0.693. The number of halogens is 1. The molecule has 2 rings (SSSR count). The first-order valence-corrected chi connectivity index (χ1v) is 9.91. The molecule has 0 N–H and O–H groups in total. The number of alkyl halides is 1. The Hall–Kier alpha value is -1.07. The van der Waals surface area contributed by atoms with Crippen molar-refractivity contribution in [1.29, 1.82) is 0 Å². The average molecular weight is 371 g/mol. The third-order valence-corrected chi connectivity index (χ3v) is 5.68. The highest BCUT2D eigenvalue weighted by atomic mass is 79.9. The van der Waals surface area contributed by atoms with Crippen LogP contribution in [0.15, 0.2) is 36.4 Å². The molecule has 0 unspecified atom stereocenters. The molecule has 0 aliphatic heterocycles. The third-order valence-electron chi connectivity index (χ3n) is 3.30. The van der Waals surface area contributed by atoms with Crippen molar-refractivity contribution >= 4 is 36.5 Å². The van der Waals surface area contributed by atoms with E-state index in [4.69, 9.17) is 4.74 Å². The Labute approximate surface area is 134 Å². The molecule has 0 aliphatic rings. The standard InChI is InChI=1S/C16H19BrO3S/c1-2-10-21(18,19)11-9-20-16-8-7-13-5-3-4-6-14(13)15(16)12-17/h3-8H,2,9-12H2,1H3. The molecule has 0 atom stereocenters. The highest BCUT2D eigenvalue weighted by Crippen LogP contribution is 2.29. The van der Waals surface area contributed by atoms with Gasteiger partial charge in [0.25, 0.3) is 0 Å². The molecule has 2 aromatic rings. The zero-order chi connectivity index (χ0) is 15.3. The lowest BCUT2D eigenvalue weighted by atomic mass is 10.0. The SMILES string of the molecule is CCCS(=O)(=O)CCOc1ccc2ccccc2c1CBr. The summed E-state index contributed by atoms with van der Waals surface area (Å²) in [6.45, 7) is 2.06. The second-order valence-corrected chi connectivity index (χ2v) is 7.76. The normalized spacial score (nSPS) is 11.7. The maximum Gasteiger partial charge on any atom is 0.153 e. The monoisotopic (exact) mass is 370 g/mol. The lowest BCUT2D eigenvalue weighted by Gasteiger charge is -2.12. The molecule has 0 saturated heterocycles. The van der Waals surface area contributed by atoms with Crippen LogP contribution in [0.4, 0.5) is 0 Å². The van der Waals surface area contributed by atoms with E-state index in [9.17, 15) is 8.42 Å². The van der Waals surface area contributed by atoms with Crippen molar-refractivity contribution in [1.82, 2.24) is 0 Å². The zero-order valence-corrected chi connectivity index (χ0v) is 14.4. The lowest BCUT2D eigenvalue weighted by molar-refractivity contribution is 0.339. The molecule has 0 bridgehead atoms. The van der Waals surface area contributed by atoms with E-state index in [1.165, 1.54) is 0 Å². The number of benzene rings is 2. The topological polar surface area (TPSA) is 43.4 Å². The average Bonchev–Trinajstić information content (AvgIpc) is 2.46. The molecule has 0 saturated carbocycles. The van der Waals surface area contributed by atoms with Crippen LogP contribution in [0.1, 0.15) is 18.9 Å². The summed E-state index contributed by atoms with van der Waals surface area (Å²) in [4.78, 5) is 0. The first-order chi connectivity index (χ1) is 10.1. The molecule has 2 aromatic carbocycles. The van der Waals surface area contributed by atoms with Gasteiger partial charge in [0, 0.05) is 10.9 Å². The van der Waals surface area contributed by atoms with Gasteiger partial charge < -0.3 is 4.74 Å². The van der Waals surface area contributed by atoms with Gasteiger partial charge in [0.05, 0.1) is 11.5 Å². The van der Waals surface area contributed by atoms with Gasteiger partial charge in [-0.2, -0.15) is 0 Å². The summed E-state index contributed by atoms with van der Waals surface area (Å²) < 4.78 is 29.1. The number of hydrogen-bond donors (Lipinski definition) is 0. The van der Waals surface area contributed by atoms with Crippen LogP contribution in [0.2, 0.25) is 0 Å². The Morgan fingerprint density at radius 3 is 2.57 bits per heavy atom. The molecule has 0 aliphatic carbocycles. The van der Waals surface area contributed by atoms with Crippen LogP contribution >= 0.6 is 15.9 Å².